The fourth-order valence-corrected chi connectivity index (χ4v) is 13.6. The number of guanidine groups is 1. The number of phenols is 2. The molecule has 0 unspecified atom stereocenters. The Hall–Kier alpha value is -13.9. The van der Waals surface area contributed by atoms with Crippen LogP contribution in [-0.2, 0) is 112 Å². The number of nitrogens with two attached hydrogens (primary N) is 3. The highest BCUT2D eigenvalue weighted by molar-refractivity contribution is 6.02. The van der Waals surface area contributed by atoms with Crippen molar-refractivity contribution in [3.63, 3.8) is 0 Å². The molecular weight excluding hydrogens is 1770 g/mol. The first kappa shape index (κ1) is 114. The van der Waals surface area contributed by atoms with Crippen molar-refractivity contribution in [3.05, 3.63) is 131 Å². The molecule has 17 atom stereocenters. The van der Waals surface area contributed by atoms with Crippen LogP contribution in [0.1, 0.15) is 143 Å². The Balaban J connectivity index is 1.61. The number of primary amides is 1. The molecule has 4 rings (SSSR count). The number of nitrogens with one attached hydrogen (secondary N) is 18. The van der Waals surface area contributed by atoms with Gasteiger partial charge in [-0.05, 0) is 109 Å². The Bertz CT molecular complexity index is 4690. The van der Waals surface area contributed by atoms with E-state index < -0.39 is 261 Å². The third-order valence-electron chi connectivity index (χ3n) is 21.8. The summed E-state index contributed by atoms with van der Waals surface area (Å²) in [5.41, 5.74) is 18.7. The van der Waals surface area contributed by atoms with E-state index in [1.807, 2.05) is 6.92 Å². The minimum atomic E-state index is -2.02. The van der Waals surface area contributed by atoms with Crippen LogP contribution in [0.2, 0.25) is 0 Å². The summed E-state index contributed by atoms with van der Waals surface area (Å²) in [4.78, 5) is 250. The van der Waals surface area contributed by atoms with E-state index in [-0.39, 0.29) is 85.8 Å². The van der Waals surface area contributed by atoms with Crippen LogP contribution in [0, 0.1) is 35.0 Å². The summed E-state index contributed by atoms with van der Waals surface area (Å²) in [7, 11) is 0. The van der Waals surface area contributed by atoms with E-state index in [0.29, 0.717) is 29.5 Å². The average Bonchev–Trinajstić information content (AvgIpc) is 0.813. The van der Waals surface area contributed by atoms with Crippen LogP contribution in [-0.4, -0.2) is 273 Å². The topological polar surface area (TPSA) is 735 Å². The number of aliphatic hydroxyl groups is 3. The zero-order valence-corrected chi connectivity index (χ0v) is 78.2. The van der Waals surface area contributed by atoms with Crippen LogP contribution >= 0.6 is 0 Å². The predicted molar refractivity (Wildman–Crippen MR) is 495 cm³/mol. The minimum absolute atomic E-state index is 0.0171. The van der Waals surface area contributed by atoms with Gasteiger partial charge in [-0.1, -0.05) is 167 Å². The van der Waals surface area contributed by atoms with Gasteiger partial charge in [0.2, 0.25) is 100 Å². The van der Waals surface area contributed by atoms with Crippen molar-refractivity contribution in [2.24, 2.45) is 46.8 Å². The molecule has 45 nitrogen and oxygen atoms in total. The van der Waals surface area contributed by atoms with E-state index in [1.165, 1.54) is 62.4 Å². The van der Waals surface area contributed by atoms with E-state index in [9.17, 15) is 112 Å². The van der Waals surface area contributed by atoms with Crippen LogP contribution in [0.5, 0.6) is 11.5 Å². The van der Waals surface area contributed by atoms with Gasteiger partial charge in [0.25, 0.3) is 0 Å². The van der Waals surface area contributed by atoms with Gasteiger partial charge in [0.1, 0.15) is 84.0 Å². The quantitative estimate of drug-likeness (QED) is 0.0112. The number of aliphatic carboxylic acids is 1. The molecule has 0 fully saturated rings. The normalized spacial score (nSPS) is 14.9. The molecule has 30 N–H and O–H groups in total. The molecule has 17 amide bonds. The van der Waals surface area contributed by atoms with Crippen molar-refractivity contribution >= 4 is 112 Å². The maximum absolute atomic E-state index is 15.0. The van der Waals surface area contributed by atoms with E-state index in [0.717, 1.165) is 6.92 Å². The average molecular weight is 1910 g/mol. The van der Waals surface area contributed by atoms with E-state index in [1.54, 1.807) is 109 Å². The molecule has 0 aliphatic carbocycles. The standard InChI is InChI=1S/C91H135N21O24/c1-12-50(9)73(93)87(132)112-75(51(10)13-2)88(133)99-42-70(119)97-43-71(120)100-62(37-53-21-16-14-17-22-53)80(125)103-65(40-56-28-32-58(117)33-29-56)83(128)108-67(45-113)85(130)105-64(39-55-26-30-57(116)31-27-55)81(126)104-63(38-54-23-18-15-19-24-54)82(127)106-66(41-69(92)118)84(129)109-68(46-114)86(131)111-74(49(7)8)89(134)107-61(36-48(5)6)79(124)101-59(25-20-34-96-91(94)95)78(123)102-60(35-47(3)4)77(122)98-44-72(121)110-76(52(11)115)90(135)136/h14-19,21-24,26-33,47-52,59-68,73-76,113-117H,12-13,20,25,34-46,93H2,1-11H3,(H2,92,118)(H,97,119)(H,98,122)(H,99,133)(H,100,120)(H,101,124)(H,102,123)(H,103,125)(H,104,126)(H,105,130)(H,106,127)(H,107,134)(H,108,128)(H,109,129)(H,110,121)(H,111,131)(H,112,132)(H,135,136)(H4,94,95,96)/t50-,51-,52+,59-,60-,61-,62-,63-,64-,65-,66-,67-,68-,73-,74-,75-,76-/m0/s1. The highest BCUT2D eigenvalue weighted by Crippen LogP contribution is 2.19. The molecule has 4 aromatic carbocycles. The molecule has 0 aliphatic heterocycles. The van der Waals surface area contributed by atoms with Crippen LogP contribution in [0.15, 0.2) is 109 Å². The molecule has 748 valence electrons. The van der Waals surface area contributed by atoms with Crippen molar-refractivity contribution in [1.29, 1.82) is 5.41 Å². The molecular formula is C91H135N21O24. The Morgan fingerprint density at radius 2 is 0.699 bits per heavy atom. The van der Waals surface area contributed by atoms with Gasteiger partial charge in [0, 0.05) is 32.2 Å². The first-order valence-electron chi connectivity index (χ1n) is 44.8. The molecule has 4 aromatic rings. The van der Waals surface area contributed by atoms with Crippen LogP contribution < -0.4 is 108 Å². The number of hydrogen-bond acceptors (Lipinski definition) is 25. The number of hydrogen-bond donors (Lipinski definition) is 27. The van der Waals surface area contributed by atoms with Crippen molar-refractivity contribution in [2.75, 3.05) is 39.4 Å². The second-order valence-electron chi connectivity index (χ2n) is 34.4. The number of phenolic OH excluding ortho intramolecular Hbond substituents is 2. The molecule has 0 bridgehead atoms. The zero-order valence-electron chi connectivity index (χ0n) is 78.2. The Labute approximate surface area is 788 Å². The summed E-state index contributed by atoms with van der Waals surface area (Å²) in [5, 5.41) is 111. The second-order valence-corrected chi connectivity index (χ2v) is 34.4. The largest absolute Gasteiger partial charge is 0.508 e. The number of carboxylic acids is 1. The lowest BCUT2D eigenvalue weighted by Gasteiger charge is -2.29. The highest BCUT2D eigenvalue weighted by Gasteiger charge is 2.40. The van der Waals surface area contributed by atoms with Gasteiger partial charge in [-0.25, -0.2) is 4.79 Å². The van der Waals surface area contributed by atoms with Crippen molar-refractivity contribution in [3.8, 4) is 11.5 Å². The molecule has 0 saturated carbocycles. The summed E-state index contributed by atoms with van der Waals surface area (Å²) in [6, 6.07) is 4.56. The maximum atomic E-state index is 15.0. The number of amides is 17. The van der Waals surface area contributed by atoms with Crippen LogP contribution in [0.4, 0.5) is 0 Å². The van der Waals surface area contributed by atoms with Gasteiger partial charge in [-0.3, -0.25) is 86.9 Å². The smallest absolute Gasteiger partial charge is 0.328 e. The fraction of sp³-hybridized carbons (Fsp3) is 0.527. The van der Waals surface area contributed by atoms with Gasteiger partial charge >= 0.3 is 5.97 Å². The number of carboxylic acid groups (broad SMARTS) is 1. The lowest BCUT2D eigenvalue weighted by Crippen LogP contribution is -2.62. The van der Waals surface area contributed by atoms with Gasteiger partial charge in [-0.15, -0.1) is 0 Å². The molecule has 0 saturated heterocycles. The van der Waals surface area contributed by atoms with E-state index in [4.69, 9.17) is 22.6 Å². The number of carbonyl (C=O) groups excluding carboxylic acids is 17. The van der Waals surface area contributed by atoms with E-state index >= 15 is 4.79 Å². The number of aliphatic hydroxyl groups excluding tert-OH is 3. The minimum Gasteiger partial charge on any atom is -0.508 e. The summed E-state index contributed by atoms with van der Waals surface area (Å²) < 4.78 is 0. The SMILES string of the molecule is CC[C@H](C)[C@H](N)C(=O)N[C@H](C(=O)NCC(=O)NCC(=O)N[C@@H](Cc1ccccc1)C(=O)N[C@@H](Cc1ccc(O)cc1)C(=O)N[C@@H](CO)C(=O)N[C@@H](Cc1ccc(O)cc1)C(=O)N[C@@H](Cc1ccccc1)C(=O)N[C@@H](CC(N)=O)C(=O)N[C@@H](CO)C(=O)N[C@H](C(=O)N[C@@H](CC(C)C)C(=O)N[C@@H](CCCNC(=N)N)C(=O)N[C@@H](CC(C)C)C(=O)NCC(=O)N[C@H](C(=O)O)[C@@H](C)O)C(C)C)[C@@H](C)CC. The van der Waals surface area contributed by atoms with Crippen molar-refractivity contribution in [1.82, 2.24) is 90.4 Å². The number of rotatable bonds is 59. The maximum Gasteiger partial charge on any atom is 0.328 e. The van der Waals surface area contributed by atoms with E-state index in [2.05, 4.69) is 90.4 Å². The van der Waals surface area contributed by atoms with Crippen LogP contribution in [0.25, 0.3) is 0 Å². The van der Waals surface area contributed by atoms with Crippen molar-refractivity contribution < 1.29 is 117 Å². The molecule has 0 heterocycles. The molecule has 45 heteroatoms. The van der Waals surface area contributed by atoms with Gasteiger partial charge < -0.3 is 138 Å². The molecule has 0 radical (unpaired) electrons. The first-order valence-corrected chi connectivity index (χ1v) is 44.8. The lowest BCUT2D eigenvalue weighted by molar-refractivity contribution is -0.144. The zero-order chi connectivity index (χ0) is 102. The highest BCUT2D eigenvalue weighted by atomic mass is 16.4. The summed E-state index contributed by atoms with van der Waals surface area (Å²) in [5.74, 6) is -21.6. The molecule has 0 spiro atoms. The number of carbonyl (C=O) groups is 18. The molecule has 0 aliphatic rings. The van der Waals surface area contributed by atoms with Crippen LogP contribution in [0.3, 0.4) is 0 Å². The summed E-state index contributed by atoms with van der Waals surface area (Å²) in [6.07, 6.45) is -3.09. The lowest BCUT2D eigenvalue weighted by atomic mass is 9.95. The van der Waals surface area contributed by atoms with Gasteiger partial charge in [0.05, 0.1) is 51.4 Å². The second kappa shape index (κ2) is 58.3. The van der Waals surface area contributed by atoms with Gasteiger partial charge in [0.15, 0.2) is 12.0 Å². The molecule has 0 aromatic heterocycles. The Morgan fingerprint density at radius 3 is 1.12 bits per heavy atom. The van der Waals surface area contributed by atoms with Crippen molar-refractivity contribution in [2.45, 2.75) is 237 Å². The first-order chi connectivity index (χ1) is 64.2. The summed E-state index contributed by atoms with van der Waals surface area (Å²) in [6.45, 7) is 13.6. The van der Waals surface area contributed by atoms with Gasteiger partial charge in [-0.2, -0.15) is 0 Å². The predicted octanol–water partition coefficient (Wildman–Crippen LogP) is -5.22. The number of aromatic hydroxyl groups is 2. The Kier molecular flexibility index (Phi) is 49.0. The summed E-state index contributed by atoms with van der Waals surface area (Å²) >= 11 is 0. The number of benzene rings is 4. The monoisotopic (exact) mass is 1910 g/mol. The molecule has 136 heavy (non-hydrogen) atoms. The third kappa shape index (κ3) is 40.9. The Morgan fingerprint density at radius 1 is 0.353 bits per heavy atom. The fourth-order valence-electron chi connectivity index (χ4n) is 13.6. The third-order valence-corrected chi connectivity index (χ3v) is 21.8.